The van der Waals surface area contributed by atoms with Gasteiger partial charge in [0.25, 0.3) is 0 Å². The number of carbonyl (C=O) groups excluding carboxylic acids is 8. The van der Waals surface area contributed by atoms with Gasteiger partial charge in [0, 0.05) is 86.4 Å². The Kier molecular flexibility index (Phi) is 23.5. The van der Waals surface area contributed by atoms with Crippen molar-refractivity contribution < 1.29 is 53.0 Å². The van der Waals surface area contributed by atoms with Crippen LogP contribution < -0.4 is 43.8 Å². The summed E-state index contributed by atoms with van der Waals surface area (Å²) in [6.45, 7) is 3.26. The highest BCUT2D eigenvalue weighted by molar-refractivity contribution is 5.99. The third-order valence-corrected chi connectivity index (χ3v) is 15.5. The second kappa shape index (κ2) is 31.3. The van der Waals surface area contributed by atoms with Gasteiger partial charge in [0.1, 0.15) is 47.8 Å². The predicted octanol–water partition coefficient (Wildman–Crippen LogP) is 2.41. The molecular formula is C63H80FN13O10. The van der Waals surface area contributed by atoms with Crippen LogP contribution in [0.15, 0.2) is 114 Å². The van der Waals surface area contributed by atoms with E-state index in [9.17, 15) is 43.4 Å². The molecule has 0 bridgehead atoms. The van der Waals surface area contributed by atoms with E-state index < -0.39 is 96.1 Å². The molecule has 1 fully saturated rings. The number of likely N-dealkylation sites (N-methyl/N-ethyl adjacent to an activating group) is 1. The monoisotopic (exact) mass is 1200 g/mol. The number of halogens is 1. The molecule has 1 aliphatic rings. The lowest BCUT2D eigenvalue weighted by atomic mass is 9.99. The van der Waals surface area contributed by atoms with E-state index in [1.807, 2.05) is 62.4 Å². The Morgan fingerprint density at radius 1 is 0.701 bits per heavy atom. The number of para-hydroxylation sites is 2. The normalized spacial score (nSPS) is 15.2. The topological polar surface area (TPSA) is 366 Å². The molecule has 1 aliphatic heterocycles. The molecule has 0 aliphatic carbocycles. The summed E-state index contributed by atoms with van der Waals surface area (Å²) in [4.78, 5) is 128. The van der Waals surface area contributed by atoms with Crippen molar-refractivity contribution in [3.05, 3.63) is 138 Å². The number of aromatic nitrogens is 2. The maximum absolute atomic E-state index is 15.2. The highest BCUT2D eigenvalue weighted by Gasteiger charge is 2.40. The molecule has 1 saturated heterocycles. The second-order valence-corrected chi connectivity index (χ2v) is 22.4. The number of hydrogen-bond donors (Lipinski definition) is 12. The minimum atomic E-state index is -1.68. The number of guanidine groups is 1. The summed E-state index contributed by atoms with van der Waals surface area (Å²) in [6.07, 6.45) is 4.66. The van der Waals surface area contributed by atoms with E-state index in [0.29, 0.717) is 35.1 Å². The van der Waals surface area contributed by atoms with Crippen molar-refractivity contribution in [1.82, 2.24) is 46.4 Å². The lowest BCUT2D eigenvalue weighted by Gasteiger charge is -2.32. The number of nitrogens with two attached hydrogens (primary N) is 3. The Balaban J connectivity index is 1.15. The number of aromatic hydroxyl groups is 1. The molecule has 7 atom stereocenters. The first-order valence-electron chi connectivity index (χ1n) is 29.3. The van der Waals surface area contributed by atoms with Gasteiger partial charge in [-0.3, -0.25) is 43.3 Å². The van der Waals surface area contributed by atoms with Crippen LogP contribution in [0.2, 0.25) is 0 Å². The first-order valence-corrected chi connectivity index (χ1v) is 29.3. The van der Waals surface area contributed by atoms with Crippen LogP contribution >= 0.6 is 0 Å². The molecule has 7 amide bonds. The number of phenolic OH excluding ortho intramolecular Hbond substituents is 1. The number of aryl methyl sites for hydroxylation is 1. The number of aromatic amines is 2. The quantitative estimate of drug-likeness (QED) is 0.0169. The van der Waals surface area contributed by atoms with E-state index in [1.54, 1.807) is 36.7 Å². The molecule has 0 unspecified atom stereocenters. The van der Waals surface area contributed by atoms with Crippen molar-refractivity contribution in [1.29, 1.82) is 0 Å². The molecule has 0 saturated carbocycles. The maximum Gasteiger partial charge on any atom is 0.247 e. The zero-order chi connectivity index (χ0) is 62.7. The summed E-state index contributed by atoms with van der Waals surface area (Å²) in [6, 6.07) is 17.2. The Morgan fingerprint density at radius 2 is 1.25 bits per heavy atom. The molecule has 6 aromatic rings. The SMILES string of the molecule is CC(C)C[C@H](NC(=O)[C@@H](Cc1c[nH]c2ccccc12)NC(=O)[C@H](Cc1ccc(O)cc1)N(C)C(=O)[C@H](CO)NC(=O)[C@H](Cc1c[nH]c2ccccc12)NC(=O)CCc1ccc(F)cc1)C(=O)N[C@@H](CCCN=C(N)N)C(=O)N1CCC[C@H]1C(=O)CCN. The average molecular weight is 1200 g/mol. The first kappa shape index (κ1) is 65.4. The molecule has 7 rings (SSSR count). The number of aliphatic imine (C=N–C) groups is 1. The number of amides is 7. The second-order valence-electron chi connectivity index (χ2n) is 22.4. The number of likely N-dealkylation sites (tertiary alicyclic amines) is 1. The number of nitrogens with one attached hydrogen (secondary N) is 7. The molecule has 0 spiro atoms. The Bertz CT molecular complexity index is 3380. The van der Waals surface area contributed by atoms with Crippen molar-refractivity contribution in [2.24, 2.45) is 28.1 Å². The highest BCUT2D eigenvalue weighted by atomic mass is 19.1. The van der Waals surface area contributed by atoms with Gasteiger partial charge in [-0.25, -0.2) is 4.39 Å². The number of aliphatic hydroxyl groups excluding tert-OH is 1. The number of H-pyrrole nitrogens is 2. The fourth-order valence-electron chi connectivity index (χ4n) is 10.9. The van der Waals surface area contributed by atoms with Gasteiger partial charge >= 0.3 is 0 Å². The minimum absolute atomic E-state index is 0.0397. The zero-order valence-electron chi connectivity index (χ0n) is 49.2. The predicted molar refractivity (Wildman–Crippen MR) is 327 cm³/mol. The van der Waals surface area contributed by atoms with E-state index in [2.05, 4.69) is 41.5 Å². The van der Waals surface area contributed by atoms with Crippen molar-refractivity contribution in [2.75, 3.05) is 33.3 Å². The Morgan fingerprint density at radius 3 is 1.84 bits per heavy atom. The van der Waals surface area contributed by atoms with Crippen molar-refractivity contribution >= 4 is 74.9 Å². The summed E-state index contributed by atoms with van der Waals surface area (Å²) in [5.41, 5.74) is 20.8. The van der Waals surface area contributed by atoms with Crippen LogP contribution in [0.1, 0.15) is 81.0 Å². The highest BCUT2D eigenvalue weighted by Crippen LogP contribution is 2.24. The largest absolute Gasteiger partial charge is 0.508 e. The molecular weight excluding hydrogens is 1120 g/mol. The van der Waals surface area contributed by atoms with Gasteiger partial charge in [-0.05, 0) is 110 Å². The fraction of sp³-hybridized carbons (Fsp3) is 0.413. The van der Waals surface area contributed by atoms with Gasteiger partial charge in [-0.15, -0.1) is 0 Å². The molecule has 464 valence electrons. The van der Waals surface area contributed by atoms with Crippen LogP contribution in [0, 0.1) is 11.7 Å². The summed E-state index contributed by atoms with van der Waals surface area (Å²) in [5.74, 6) is -6.17. The maximum atomic E-state index is 15.2. The molecule has 3 heterocycles. The van der Waals surface area contributed by atoms with Gasteiger partial charge < -0.3 is 73.8 Å². The molecule has 15 N–H and O–H groups in total. The van der Waals surface area contributed by atoms with Gasteiger partial charge in [0.15, 0.2) is 11.7 Å². The van der Waals surface area contributed by atoms with E-state index in [4.69, 9.17) is 17.2 Å². The van der Waals surface area contributed by atoms with E-state index in [0.717, 1.165) is 26.7 Å². The number of phenols is 1. The number of fused-ring (bicyclic) bond motifs is 2. The first-order chi connectivity index (χ1) is 41.7. The van der Waals surface area contributed by atoms with E-state index >= 15 is 9.59 Å². The number of hydrogen-bond acceptors (Lipinski definition) is 12. The number of aliphatic hydroxyl groups is 1. The smallest absolute Gasteiger partial charge is 0.247 e. The fourth-order valence-corrected chi connectivity index (χ4v) is 10.9. The Labute approximate surface area is 503 Å². The number of Topliss-reactive ketones (excluding diaryl/α,β-unsaturated/α-hetero) is 1. The van der Waals surface area contributed by atoms with Crippen LogP contribution in [0.4, 0.5) is 4.39 Å². The standard InChI is InChI=1S/C63H80FN13O10/c1-37(2)30-49(57(82)72-48(14-8-28-68-63(66)67)62(87)77-29-9-15-53(77)55(80)26-27-65)73-59(84)51(33-41-35-70-47-13-7-5-11-45(41)47)74-60(85)54(31-39-18-23-43(79)24-19-39)76(3)61(86)52(36-78)75-58(83)50(32-40-34-69-46-12-6-4-10-44(40)46)71-56(81)25-20-38-16-21-42(64)22-17-38/h4-7,10-13,16-19,21-24,34-35,37,48-54,69-70,78-79H,8-9,14-15,20,25-33,36,65H2,1-3H3,(H,71,81)(H,72,82)(H,73,84)(H,74,85)(H,75,83)(H4,66,67,68)/t48-,49-,50-,51+,52-,53-,54-/m0/s1. The molecule has 4 aromatic carbocycles. The van der Waals surface area contributed by atoms with Crippen molar-refractivity contribution in [3.8, 4) is 5.75 Å². The third kappa shape index (κ3) is 18.2. The van der Waals surface area contributed by atoms with Crippen LogP contribution in [0.5, 0.6) is 5.75 Å². The number of nitrogens with zero attached hydrogens (tertiary/aromatic N) is 3. The molecule has 24 heteroatoms. The van der Waals surface area contributed by atoms with Crippen LogP contribution in [-0.4, -0.2) is 159 Å². The molecule has 2 aromatic heterocycles. The van der Waals surface area contributed by atoms with Gasteiger partial charge in [0.05, 0.1) is 12.6 Å². The van der Waals surface area contributed by atoms with Crippen molar-refractivity contribution in [2.45, 2.75) is 127 Å². The van der Waals surface area contributed by atoms with Crippen LogP contribution in [-0.2, 0) is 64.0 Å². The van der Waals surface area contributed by atoms with Crippen LogP contribution in [0.3, 0.4) is 0 Å². The Hall–Kier alpha value is -9.16. The number of benzene rings is 4. The summed E-state index contributed by atoms with van der Waals surface area (Å²) < 4.78 is 13.7. The number of ketones is 1. The van der Waals surface area contributed by atoms with E-state index in [1.165, 1.54) is 36.2 Å². The van der Waals surface area contributed by atoms with Gasteiger partial charge in [0.2, 0.25) is 41.4 Å². The van der Waals surface area contributed by atoms with Crippen molar-refractivity contribution in [3.63, 3.8) is 0 Å². The zero-order valence-corrected chi connectivity index (χ0v) is 49.2. The summed E-state index contributed by atoms with van der Waals surface area (Å²) in [7, 11) is 1.30. The summed E-state index contributed by atoms with van der Waals surface area (Å²) in [5, 5.41) is 36.6. The molecule has 23 nitrogen and oxygen atoms in total. The van der Waals surface area contributed by atoms with Crippen LogP contribution in [0.25, 0.3) is 21.8 Å². The molecule has 87 heavy (non-hydrogen) atoms. The van der Waals surface area contributed by atoms with E-state index in [-0.39, 0.29) is 101 Å². The summed E-state index contributed by atoms with van der Waals surface area (Å²) >= 11 is 0. The average Bonchev–Trinajstić information content (AvgIpc) is 2.79. The van der Waals surface area contributed by atoms with Gasteiger partial charge in [-0.2, -0.15) is 0 Å². The third-order valence-electron chi connectivity index (χ3n) is 15.5. The number of rotatable bonds is 31. The number of carbonyl (C=O) groups is 8. The lowest BCUT2D eigenvalue weighted by molar-refractivity contribution is -0.143. The minimum Gasteiger partial charge on any atom is -0.508 e. The lowest BCUT2D eigenvalue weighted by Crippen LogP contribution is -2.61. The van der Waals surface area contributed by atoms with Gasteiger partial charge in [-0.1, -0.05) is 74.5 Å². The molecule has 0 radical (unpaired) electrons.